The molecule has 4 N–H and O–H groups in total. The normalized spacial score (nSPS) is 23.5. The van der Waals surface area contributed by atoms with Crippen molar-refractivity contribution in [2.75, 3.05) is 13.4 Å². The second-order valence-corrected chi connectivity index (χ2v) is 9.94. The lowest BCUT2D eigenvalue weighted by Gasteiger charge is -2.44. The van der Waals surface area contributed by atoms with E-state index in [1.165, 1.54) is 28.7 Å². The van der Waals surface area contributed by atoms with Crippen molar-refractivity contribution in [3.8, 4) is 5.75 Å². The topological polar surface area (TPSA) is 123 Å². The van der Waals surface area contributed by atoms with Gasteiger partial charge in [-0.25, -0.2) is 9.59 Å². The number of nitrogens with zero attached hydrogens (tertiary/aromatic N) is 1. The van der Waals surface area contributed by atoms with Gasteiger partial charge in [0, 0.05) is 40.6 Å². The number of hydrogen-bond donors (Lipinski definition) is 4. The SMILES string of the molecule is COc1ccc2[nH]cc(CN3[C@@H]4CC[C@H]3CC(O)(c3ccc(SC)cc3)C4)c2c1.O=C(O)C(=O)O. The van der Waals surface area contributed by atoms with Crippen LogP contribution in [0.5, 0.6) is 5.75 Å². The van der Waals surface area contributed by atoms with Gasteiger partial charge < -0.3 is 25.0 Å². The number of piperidine rings is 1. The molecule has 0 amide bonds. The highest BCUT2D eigenvalue weighted by atomic mass is 32.2. The van der Waals surface area contributed by atoms with Crippen molar-refractivity contribution in [2.45, 2.75) is 54.8 Å². The fourth-order valence-electron chi connectivity index (χ4n) is 5.32. The Morgan fingerprint density at radius 2 is 1.71 bits per heavy atom. The minimum atomic E-state index is -1.82. The number of benzene rings is 2. The molecule has 1 aromatic heterocycles. The van der Waals surface area contributed by atoms with E-state index in [-0.39, 0.29) is 0 Å². The number of carboxylic acids is 2. The first kappa shape index (κ1) is 25.1. The number of aromatic nitrogens is 1. The molecule has 3 aromatic rings. The summed E-state index contributed by atoms with van der Waals surface area (Å²) in [6.07, 6.45) is 8.18. The van der Waals surface area contributed by atoms with Crippen molar-refractivity contribution in [3.63, 3.8) is 0 Å². The number of thioether (sulfide) groups is 1. The third-order valence-corrected chi connectivity index (χ3v) is 7.80. The third-order valence-electron chi connectivity index (χ3n) is 7.06. The number of rotatable bonds is 5. The van der Waals surface area contributed by atoms with Gasteiger partial charge in [0.2, 0.25) is 0 Å². The lowest BCUT2D eigenvalue weighted by Crippen LogP contribution is -2.49. The van der Waals surface area contributed by atoms with Crippen molar-refractivity contribution in [1.82, 2.24) is 9.88 Å². The van der Waals surface area contributed by atoms with Gasteiger partial charge >= 0.3 is 11.9 Å². The van der Waals surface area contributed by atoms with Gasteiger partial charge in [0.15, 0.2) is 0 Å². The van der Waals surface area contributed by atoms with Crippen LogP contribution in [0.25, 0.3) is 10.9 Å². The second kappa shape index (κ2) is 10.3. The summed E-state index contributed by atoms with van der Waals surface area (Å²) in [6.45, 7) is 0.921. The predicted molar refractivity (Wildman–Crippen MR) is 134 cm³/mol. The van der Waals surface area contributed by atoms with Gasteiger partial charge in [-0.3, -0.25) is 4.90 Å². The van der Waals surface area contributed by atoms with E-state index < -0.39 is 17.5 Å². The third kappa shape index (κ3) is 5.32. The number of nitrogens with one attached hydrogen (secondary N) is 1. The first-order valence-corrected chi connectivity index (χ1v) is 12.7. The van der Waals surface area contributed by atoms with Crippen LogP contribution in [0.4, 0.5) is 0 Å². The van der Waals surface area contributed by atoms with E-state index in [2.05, 4.69) is 58.7 Å². The van der Waals surface area contributed by atoms with Crippen LogP contribution in [0.3, 0.4) is 0 Å². The molecule has 2 saturated heterocycles. The average molecular weight is 499 g/mol. The van der Waals surface area contributed by atoms with E-state index in [1.54, 1.807) is 18.9 Å². The Morgan fingerprint density at radius 3 is 2.26 bits per heavy atom. The van der Waals surface area contributed by atoms with Crippen molar-refractivity contribution in [1.29, 1.82) is 0 Å². The first-order chi connectivity index (χ1) is 16.7. The van der Waals surface area contributed by atoms with Crippen LogP contribution >= 0.6 is 11.8 Å². The average Bonchev–Trinajstić information content (AvgIpc) is 3.37. The number of carbonyl (C=O) groups is 2. The summed E-state index contributed by atoms with van der Waals surface area (Å²) in [5.41, 5.74) is 2.83. The van der Waals surface area contributed by atoms with Crippen LogP contribution in [0.2, 0.25) is 0 Å². The maximum absolute atomic E-state index is 11.5. The standard InChI is InChI=1S/C24H28N2O2S.C2H2O4/c1-28-20-7-10-23-22(11-20)16(14-25-23)15-26-18-5-6-19(26)13-24(27,12-18)17-3-8-21(29-2)9-4-17;3-1(4)2(5)6/h3-4,7-11,14,18-19,25,27H,5-6,12-13,15H2,1-2H3;(H,3,4)(H,5,6)/t18-,19+,24?;. The van der Waals surface area contributed by atoms with Gasteiger partial charge in [-0.15, -0.1) is 11.8 Å². The Hall–Kier alpha value is -3.01. The highest BCUT2D eigenvalue weighted by Crippen LogP contribution is 2.46. The number of carboxylic acid groups (broad SMARTS) is 2. The summed E-state index contributed by atoms with van der Waals surface area (Å²) in [7, 11) is 1.71. The summed E-state index contributed by atoms with van der Waals surface area (Å²) in [4.78, 5) is 25.5. The van der Waals surface area contributed by atoms with Crippen LogP contribution in [0, 0.1) is 0 Å². The number of ether oxygens (including phenoxy) is 1. The molecule has 0 saturated carbocycles. The number of aromatic amines is 1. The van der Waals surface area contributed by atoms with Crippen molar-refractivity contribution in [2.24, 2.45) is 0 Å². The van der Waals surface area contributed by atoms with Crippen molar-refractivity contribution >= 4 is 34.6 Å². The largest absolute Gasteiger partial charge is 0.497 e. The Balaban J connectivity index is 0.000000431. The minimum Gasteiger partial charge on any atom is -0.497 e. The van der Waals surface area contributed by atoms with Crippen molar-refractivity contribution in [3.05, 3.63) is 59.8 Å². The molecule has 9 heteroatoms. The highest BCUT2D eigenvalue weighted by molar-refractivity contribution is 7.98. The summed E-state index contributed by atoms with van der Waals surface area (Å²) in [5, 5.41) is 27.5. The zero-order chi connectivity index (χ0) is 25.2. The van der Waals surface area contributed by atoms with E-state index in [9.17, 15) is 5.11 Å². The van der Waals surface area contributed by atoms with Gasteiger partial charge in [-0.05, 0) is 73.4 Å². The van der Waals surface area contributed by atoms with E-state index in [0.29, 0.717) is 12.1 Å². The maximum atomic E-state index is 11.5. The number of aliphatic hydroxyl groups is 1. The number of hydrogen-bond acceptors (Lipinski definition) is 6. The first-order valence-electron chi connectivity index (χ1n) is 11.5. The van der Waals surface area contributed by atoms with E-state index in [0.717, 1.165) is 36.2 Å². The zero-order valence-corrected chi connectivity index (χ0v) is 20.5. The molecule has 2 aliphatic rings. The summed E-state index contributed by atoms with van der Waals surface area (Å²) >= 11 is 1.74. The van der Waals surface area contributed by atoms with Crippen molar-refractivity contribution < 1.29 is 29.6 Å². The number of fused-ring (bicyclic) bond motifs is 3. The van der Waals surface area contributed by atoms with Crippen LogP contribution in [0.1, 0.15) is 36.8 Å². The molecule has 2 bridgehead atoms. The Morgan fingerprint density at radius 1 is 1.09 bits per heavy atom. The molecule has 8 nitrogen and oxygen atoms in total. The van der Waals surface area contributed by atoms with Crippen LogP contribution in [-0.4, -0.2) is 62.6 Å². The second-order valence-electron chi connectivity index (χ2n) is 9.06. The van der Waals surface area contributed by atoms with Gasteiger partial charge in [-0.2, -0.15) is 0 Å². The Labute approximate surface area is 207 Å². The molecular weight excluding hydrogens is 468 g/mol. The van der Waals surface area contributed by atoms with Gasteiger partial charge in [-0.1, -0.05) is 12.1 Å². The smallest absolute Gasteiger partial charge is 0.414 e. The molecule has 0 aliphatic carbocycles. The monoisotopic (exact) mass is 498 g/mol. The van der Waals surface area contributed by atoms with Gasteiger partial charge in [0.25, 0.3) is 0 Å². The maximum Gasteiger partial charge on any atom is 0.414 e. The minimum absolute atomic E-state index is 0.425. The van der Waals surface area contributed by atoms with Crippen LogP contribution in [-0.2, 0) is 21.7 Å². The summed E-state index contributed by atoms with van der Waals surface area (Å²) in [6, 6.07) is 15.5. The molecule has 0 spiro atoms. The van der Waals surface area contributed by atoms with Crippen LogP contribution in [0.15, 0.2) is 53.6 Å². The molecule has 3 heterocycles. The summed E-state index contributed by atoms with van der Waals surface area (Å²) < 4.78 is 5.42. The van der Waals surface area contributed by atoms with Crippen LogP contribution < -0.4 is 4.74 Å². The molecule has 186 valence electrons. The summed E-state index contributed by atoms with van der Waals surface area (Å²) in [5.74, 6) is -2.76. The molecule has 5 rings (SSSR count). The van der Waals surface area contributed by atoms with E-state index >= 15 is 0 Å². The lowest BCUT2D eigenvalue weighted by molar-refractivity contribution is -0.159. The van der Waals surface area contributed by atoms with E-state index in [1.807, 2.05) is 6.07 Å². The van der Waals surface area contributed by atoms with E-state index in [4.69, 9.17) is 24.5 Å². The predicted octanol–water partition coefficient (Wildman–Crippen LogP) is 4.07. The molecule has 2 fully saturated rings. The fourth-order valence-corrected chi connectivity index (χ4v) is 5.73. The molecule has 1 unspecified atom stereocenters. The van der Waals surface area contributed by atoms with Gasteiger partial charge in [0.1, 0.15) is 5.75 Å². The molecule has 2 aromatic carbocycles. The van der Waals surface area contributed by atoms with Gasteiger partial charge in [0.05, 0.1) is 12.7 Å². The lowest BCUT2D eigenvalue weighted by atomic mass is 9.80. The molecule has 35 heavy (non-hydrogen) atoms. The molecule has 3 atom stereocenters. The quantitative estimate of drug-likeness (QED) is 0.307. The molecule has 0 radical (unpaired) electrons. The Bertz CT molecular complexity index is 1180. The number of methoxy groups -OCH3 is 1. The number of H-pyrrole nitrogens is 1. The number of aliphatic carboxylic acids is 2. The Kier molecular flexibility index (Phi) is 7.39. The zero-order valence-electron chi connectivity index (χ0n) is 19.7. The fraction of sp³-hybridized carbons (Fsp3) is 0.385. The molecule has 2 aliphatic heterocycles. The highest BCUT2D eigenvalue weighted by Gasteiger charge is 2.48. The molecular formula is C26H30N2O6S.